The molecule has 0 bridgehead atoms. The molecule has 100 valence electrons. The van der Waals surface area contributed by atoms with E-state index in [9.17, 15) is 4.79 Å². The number of hydrogen-bond acceptors (Lipinski definition) is 3. The molecule has 1 aromatic heterocycles. The molecule has 3 heterocycles. The molecule has 0 saturated carbocycles. The molecule has 2 aliphatic rings. The zero-order valence-corrected chi connectivity index (χ0v) is 11.5. The van der Waals surface area contributed by atoms with E-state index in [4.69, 9.17) is 0 Å². The summed E-state index contributed by atoms with van der Waals surface area (Å²) in [7, 11) is 1.83. The maximum absolute atomic E-state index is 12.4. The SMILES string of the molecule is Cc1cc(C(=O)N2C[C@H]3CNC[C@H]3C2)n(C)n1.Cl. The minimum absolute atomic E-state index is 0. The van der Waals surface area contributed by atoms with Crippen molar-refractivity contribution in [3.8, 4) is 0 Å². The minimum Gasteiger partial charge on any atom is -0.337 e. The average molecular weight is 271 g/mol. The molecular weight excluding hydrogens is 252 g/mol. The third kappa shape index (κ3) is 2.12. The van der Waals surface area contributed by atoms with Crippen LogP contribution in [0.4, 0.5) is 0 Å². The largest absolute Gasteiger partial charge is 0.337 e. The Morgan fingerprint density at radius 3 is 2.50 bits per heavy atom. The fourth-order valence-corrected chi connectivity index (χ4v) is 2.99. The smallest absolute Gasteiger partial charge is 0.272 e. The molecular formula is C12H19ClN4O. The van der Waals surface area contributed by atoms with Gasteiger partial charge in [0.1, 0.15) is 5.69 Å². The number of rotatable bonds is 1. The van der Waals surface area contributed by atoms with Crippen molar-refractivity contribution in [2.45, 2.75) is 6.92 Å². The number of fused-ring (bicyclic) bond motifs is 1. The first-order valence-electron chi connectivity index (χ1n) is 6.16. The summed E-state index contributed by atoms with van der Waals surface area (Å²) in [6.07, 6.45) is 0. The molecule has 2 atom stereocenters. The number of hydrogen-bond donors (Lipinski definition) is 1. The van der Waals surface area contributed by atoms with Crippen molar-refractivity contribution in [3.63, 3.8) is 0 Å². The van der Waals surface area contributed by atoms with Crippen LogP contribution in [0.2, 0.25) is 0 Å². The fourth-order valence-electron chi connectivity index (χ4n) is 2.99. The summed E-state index contributed by atoms with van der Waals surface area (Å²) >= 11 is 0. The van der Waals surface area contributed by atoms with Crippen molar-refractivity contribution < 1.29 is 4.79 Å². The number of likely N-dealkylation sites (tertiary alicyclic amines) is 1. The first kappa shape index (κ1) is 13.4. The lowest BCUT2D eigenvalue weighted by atomic mass is 10.0. The lowest BCUT2D eigenvalue weighted by molar-refractivity contribution is 0.0771. The molecule has 1 aromatic rings. The van der Waals surface area contributed by atoms with Crippen LogP contribution in [0.5, 0.6) is 0 Å². The maximum atomic E-state index is 12.4. The van der Waals surface area contributed by atoms with Gasteiger partial charge < -0.3 is 10.2 Å². The average Bonchev–Trinajstić information content (AvgIpc) is 2.90. The summed E-state index contributed by atoms with van der Waals surface area (Å²) < 4.78 is 1.68. The Balaban J connectivity index is 0.00000120. The van der Waals surface area contributed by atoms with Crippen molar-refractivity contribution in [1.29, 1.82) is 0 Å². The van der Waals surface area contributed by atoms with Gasteiger partial charge in [-0.1, -0.05) is 0 Å². The fraction of sp³-hybridized carbons (Fsp3) is 0.667. The molecule has 1 amide bonds. The molecule has 2 saturated heterocycles. The Labute approximate surface area is 113 Å². The van der Waals surface area contributed by atoms with Crippen molar-refractivity contribution in [3.05, 3.63) is 17.5 Å². The molecule has 0 spiro atoms. The molecule has 3 rings (SSSR count). The van der Waals surface area contributed by atoms with Crippen LogP contribution in [0.15, 0.2) is 6.07 Å². The number of carbonyl (C=O) groups is 1. The van der Waals surface area contributed by atoms with Gasteiger partial charge in [0.15, 0.2) is 0 Å². The van der Waals surface area contributed by atoms with Gasteiger partial charge in [0.05, 0.1) is 5.69 Å². The molecule has 0 aromatic carbocycles. The Hall–Kier alpha value is -1.07. The molecule has 6 heteroatoms. The standard InChI is InChI=1S/C12H18N4O.ClH/c1-8-3-11(15(2)14-8)12(17)16-6-9-4-13-5-10(9)7-16;/h3,9-10,13H,4-7H2,1-2H3;1H/t9-,10+;. The summed E-state index contributed by atoms with van der Waals surface area (Å²) in [5, 5.41) is 7.62. The monoisotopic (exact) mass is 270 g/mol. The summed E-state index contributed by atoms with van der Waals surface area (Å²) in [6, 6.07) is 1.87. The second-order valence-electron chi connectivity index (χ2n) is 5.18. The van der Waals surface area contributed by atoms with Crippen molar-refractivity contribution >= 4 is 18.3 Å². The van der Waals surface area contributed by atoms with Crippen LogP contribution in [0, 0.1) is 18.8 Å². The van der Waals surface area contributed by atoms with Crippen LogP contribution in [-0.2, 0) is 7.05 Å². The number of amides is 1. The maximum Gasteiger partial charge on any atom is 0.272 e. The number of carbonyl (C=O) groups excluding carboxylic acids is 1. The lowest BCUT2D eigenvalue weighted by Crippen LogP contribution is -2.33. The zero-order chi connectivity index (χ0) is 12.0. The van der Waals surface area contributed by atoms with E-state index in [1.165, 1.54) is 0 Å². The van der Waals surface area contributed by atoms with Crippen LogP contribution in [0.1, 0.15) is 16.2 Å². The highest BCUT2D eigenvalue weighted by Crippen LogP contribution is 2.27. The third-order valence-corrected chi connectivity index (χ3v) is 3.90. The number of nitrogens with zero attached hydrogens (tertiary/aromatic N) is 3. The number of aromatic nitrogens is 2. The molecule has 0 radical (unpaired) electrons. The topological polar surface area (TPSA) is 50.2 Å². The summed E-state index contributed by atoms with van der Waals surface area (Å²) in [5.41, 5.74) is 1.60. The van der Waals surface area contributed by atoms with E-state index in [2.05, 4.69) is 10.4 Å². The highest BCUT2D eigenvalue weighted by atomic mass is 35.5. The molecule has 0 aliphatic carbocycles. The summed E-state index contributed by atoms with van der Waals surface area (Å²) in [5.74, 6) is 1.42. The van der Waals surface area contributed by atoms with E-state index in [1.54, 1.807) is 4.68 Å². The molecule has 5 nitrogen and oxygen atoms in total. The van der Waals surface area contributed by atoms with Crippen LogP contribution in [0.3, 0.4) is 0 Å². The Kier molecular flexibility index (Phi) is 3.64. The second-order valence-corrected chi connectivity index (χ2v) is 5.18. The minimum atomic E-state index is 0. The summed E-state index contributed by atoms with van der Waals surface area (Å²) in [6.45, 7) is 5.80. The van der Waals surface area contributed by atoms with E-state index in [0.29, 0.717) is 17.5 Å². The van der Waals surface area contributed by atoms with E-state index in [0.717, 1.165) is 31.9 Å². The number of aryl methyl sites for hydroxylation is 2. The van der Waals surface area contributed by atoms with Crippen LogP contribution >= 0.6 is 12.4 Å². The predicted molar refractivity (Wildman–Crippen MR) is 70.9 cm³/mol. The third-order valence-electron chi connectivity index (χ3n) is 3.90. The first-order valence-corrected chi connectivity index (χ1v) is 6.16. The Morgan fingerprint density at radius 1 is 1.39 bits per heavy atom. The first-order chi connectivity index (χ1) is 8.15. The van der Waals surface area contributed by atoms with E-state index in [1.807, 2.05) is 24.9 Å². The van der Waals surface area contributed by atoms with E-state index < -0.39 is 0 Å². The van der Waals surface area contributed by atoms with Gasteiger partial charge in [-0.25, -0.2) is 0 Å². The van der Waals surface area contributed by atoms with Crippen molar-refractivity contribution in [2.24, 2.45) is 18.9 Å². The zero-order valence-electron chi connectivity index (χ0n) is 10.7. The molecule has 2 fully saturated rings. The molecule has 1 N–H and O–H groups in total. The van der Waals surface area contributed by atoms with Gasteiger partial charge in [-0.2, -0.15) is 5.10 Å². The lowest BCUT2D eigenvalue weighted by Gasteiger charge is -2.17. The Morgan fingerprint density at radius 2 is 2.00 bits per heavy atom. The summed E-state index contributed by atoms with van der Waals surface area (Å²) in [4.78, 5) is 14.3. The highest BCUT2D eigenvalue weighted by Gasteiger charge is 2.38. The highest BCUT2D eigenvalue weighted by molar-refractivity contribution is 5.93. The quantitative estimate of drug-likeness (QED) is 0.806. The number of halogens is 1. The van der Waals surface area contributed by atoms with Crippen molar-refractivity contribution in [2.75, 3.05) is 26.2 Å². The van der Waals surface area contributed by atoms with E-state index >= 15 is 0 Å². The van der Waals surface area contributed by atoms with Gasteiger partial charge in [0, 0.05) is 33.2 Å². The van der Waals surface area contributed by atoms with Crippen LogP contribution in [-0.4, -0.2) is 46.8 Å². The van der Waals surface area contributed by atoms with Gasteiger partial charge in [-0.15, -0.1) is 12.4 Å². The van der Waals surface area contributed by atoms with E-state index in [-0.39, 0.29) is 18.3 Å². The van der Waals surface area contributed by atoms with Crippen LogP contribution in [0.25, 0.3) is 0 Å². The number of nitrogens with one attached hydrogen (secondary N) is 1. The molecule has 2 aliphatic heterocycles. The van der Waals surface area contributed by atoms with Gasteiger partial charge in [-0.05, 0) is 24.8 Å². The van der Waals surface area contributed by atoms with Crippen molar-refractivity contribution in [1.82, 2.24) is 20.0 Å². The van der Waals surface area contributed by atoms with Crippen LogP contribution < -0.4 is 5.32 Å². The normalized spacial score (nSPS) is 26.0. The Bertz CT molecular complexity index is 447. The molecule has 0 unspecified atom stereocenters. The predicted octanol–water partition coefficient (Wildman–Crippen LogP) is 0.442. The van der Waals surface area contributed by atoms with Gasteiger partial charge in [0.2, 0.25) is 0 Å². The van der Waals surface area contributed by atoms with Gasteiger partial charge in [0.25, 0.3) is 5.91 Å². The van der Waals surface area contributed by atoms with Gasteiger partial charge >= 0.3 is 0 Å². The molecule has 18 heavy (non-hydrogen) atoms. The second kappa shape index (κ2) is 4.90. The van der Waals surface area contributed by atoms with Gasteiger partial charge in [-0.3, -0.25) is 9.48 Å².